The number of hydrogen-bond acceptors (Lipinski definition) is 2. The van der Waals surface area contributed by atoms with Gasteiger partial charge in [-0.2, -0.15) is 0 Å². The van der Waals surface area contributed by atoms with E-state index in [9.17, 15) is 9.59 Å². The molecule has 1 aliphatic rings. The number of benzene rings is 1. The molecule has 1 fully saturated rings. The van der Waals surface area contributed by atoms with Gasteiger partial charge in [0.2, 0.25) is 0 Å². The minimum Gasteiger partial charge on any atom is -0.481 e. The van der Waals surface area contributed by atoms with Gasteiger partial charge in [0.25, 0.3) is 0 Å². The number of hydrogen-bond donors (Lipinski definition) is 3. The summed E-state index contributed by atoms with van der Waals surface area (Å²) in [6.07, 6.45) is 1.79. The first-order chi connectivity index (χ1) is 9.47. The molecule has 0 aromatic heterocycles. The predicted molar refractivity (Wildman–Crippen MR) is 82.8 cm³/mol. The number of carbonyl (C=O) groups is 2. The maximum absolute atomic E-state index is 11.9. The number of amides is 2. The van der Waals surface area contributed by atoms with Crippen LogP contribution in [0.5, 0.6) is 0 Å². The van der Waals surface area contributed by atoms with E-state index in [4.69, 9.17) is 5.11 Å². The maximum atomic E-state index is 11.9. The molecule has 0 heterocycles. The molecule has 5 nitrogen and oxygen atoms in total. The first kappa shape index (κ1) is 15.3. The molecule has 20 heavy (non-hydrogen) atoms. The molecule has 0 bridgehead atoms. The molecular formula is C13H14Br2N2O3. The second-order valence-corrected chi connectivity index (χ2v) is 6.45. The minimum absolute atomic E-state index is 0.0858. The Hall–Kier alpha value is -1.08. The average Bonchev–Trinajstić information content (AvgIpc) is 2.82. The van der Waals surface area contributed by atoms with Crippen LogP contribution in [0.2, 0.25) is 0 Å². The zero-order valence-corrected chi connectivity index (χ0v) is 13.7. The first-order valence-corrected chi connectivity index (χ1v) is 7.80. The number of halogens is 2. The molecular weight excluding hydrogens is 392 g/mol. The lowest BCUT2D eigenvalue weighted by atomic mass is 10.1. The van der Waals surface area contributed by atoms with Crippen molar-refractivity contribution >= 4 is 49.5 Å². The summed E-state index contributed by atoms with van der Waals surface area (Å²) in [5.74, 6) is -1.14. The summed E-state index contributed by atoms with van der Waals surface area (Å²) in [7, 11) is 0. The van der Waals surface area contributed by atoms with E-state index in [1.807, 2.05) is 18.2 Å². The van der Waals surface area contributed by atoms with Crippen LogP contribution in [-0.4, -0.2) is 23.1 Å². The molecule has 0 spiro atoms. The summed E-state index contributed by atoms with van der Waals surface area (Å²) in [5.41, 5.74) is 0.651. The monoisotopic (exact) mass is 404 g/mol. The third-order valence-electron chi connectivity index (χ3n) is 3.32. The largest absolute Gasteiger partial charge is 0.481 e. The fourth-order valence-electron chi connectivity index (χ4n) is 2.29. The smallest absolute Gasteiger partial charge is 0.319 e. The van der Waals surface area contributed by atoms with Crippen LogP contribution in [0, 0.1) is 5.92 Å². The van der Waals surface area contributed by atoms with Crippen LogP contribution in [0.15, 0.2) is 27.1 Å². The van der Waals surface area contributed by atoms with Crippen molar-refractivity contribution in [3.63, 3.8) is 0 Å². The number of anilines is 1. The van der Waals surface area contributed by atoms with Gasteiger partial charge in [0, 0.05) is 15.0 Å². The van der Waals surface area contributed by atoms with Crippen LogP contribution >= 0.6 is 31.9 Å². The van der Waals surface area contributed by atoms with Crippen LogP contribution in [-0.2, 0) is 4.79 Å². The number of rotatable bonds is 3. The van der Waals surface area contributed by atoms with Gasteiger partial charge in [-0.1, -0.05) is 6.07 Å². The maximum Gasteiger partial charge on any atom is 0.319 e. The van der Waals surface area contributed by atoms with Gasteiger partial charge in [0.15, 0.2) is 0 Å². The number of carboxylic acids is 1. The summed E-state index contributed by atoms with van der Waals surface area (Å²) in [6, 6.07) is 5.10. The van der Waals surface area contributed by atoms with Gasteiger partial charge < -0.3 is 15.7 Å². The Kier molecular flexibility index (Phi) is 5.04. The van der Waals surface area contributed by atoms with Crippen molar-refractivity contribution in [2.45, 2.75) is 25.3 Å². The van der Waals surface area contributed by atoms with Gasteiger partial charge >= 0.3 is 12.0 Å². The van der Waals surface area contributed by atoms with E-state index in [1.165, 1.54) is 0 Å². The standard InChI is InChI=1S/C13H14Br2N2O3/c14-9-2-1-3-10(15)11(9)17-13(20)16-8-5-4-7(6-8)12(18)19/h1-3,7-8H,4-6H2,(H,18,19)(H2,16,17,20)/t7-,8+/m1/s1. The molecule has 1 aromatic rings. The lowest BCUT2D eigenvalue weighted by molar-refractivity contribution is -0.141. The Bertz CT molecular complexity index is 516. The topological polar surface area (TPSA) is 78.4 Å². The van der Waals surface area contributed by atoms with E-state index in [1.54, 1.807) is 0 Å². The lowest BCUT2D eigenvalue weighted by Crippen LogP contribution is -2.36. The summed E-state index contributed by atoms with van der Waals surface area (Å²) in [4.78, 5) is 22.8. The Morgan fingerprint density at radius 1 is 1.20 bits per heavy atom. The highest BCUT2D eigenvalue weighted by molar-refractivity contribution is 9.11. The fourth-order valence-corrected chi connectivity index (χ4v) is 3.49. The van der Waals surface area contributed by atoms with Crippen molar-refractivity contribution in [1.29, 1.82) is 0 Å². The van der Waals surface area contributed by atoms with Gasteiger partial charge in [0.1, 0.15) is 0 Å². The van der Waals surface area contributed by atoms with E-state index in [0.29, 0.717) is 24.9 Å². The van der Waals surface area contributed by atoms with Crippen LogP contribution in [0.3, 0.4) is 0 Å². The zero-order valence-electron chi connectivity index (χ0n) is 10.5. The zero-order chi connectivity index (χ0) is 14.7. The number of aliphatic carboxylic acids is 1. The normalized spacial score (nSPS) is 21.5. The Labute approximate surface area is 133 Å². The van der Waals surface area contributed by atoms with E-state index < -0.39 is 5.97 Å². The van der Waals surface area contributed by atoms with Gasteiger partial charge in [-0.3, -0.25) is 4.79 Å². The van der Waals surface area contributed by atoms with Crippen molar-refractivity contribution in [1.82, 2.24) is 5.32 Å². The number of nitrogens with one attached hydrogen (secondary N) is 2. The molecule has 3 N–H and O–H groups in total. The molecule has 1 saturated carbocycles. The molecule has 1 aromatic carbocycles. The van der Waals surface area contributed by atoms with Crippen LogP contribution in [0.1, 0.15) is 19.3 Å². The van der Waals surface area contributed by atoms with Gasteiger partial charge in [-0.25, -0.2) is 4.79 Å². The Balaban J connectivity index is 1.92. The Morgan fingerprint density at radius 3 is 2.40 bits per heavy atom. The van der Waals surface area contributed by atoms with Crippen LogP contribution in [0.4, 0.5) is 10.5 Å². The third kappa shape index (κ3) is 3.73. The highest BCUT2D eigenvalue weighted by Crippen LogP contribution is 2.31. The molecule has 7 heteroatoms. The van der Waals surface area contributed by atoms with Gasteiger partial charge in [0.05, 0.1) is 11.6 Å². The van der Waals surface area contributed by atoms with Crippen LogP contribution in [0.25, 0.3) is 0 Å². The van der Waals surface area contributed by atoms with E-state index in [2.05, 4.69) is 42.5 Å². The second-order valence-electron chi connectivity index (χ2n) is 4.74. The summed E-state index contributed by atoms with van der Waals surface area (Å²) < 4.78 is 1.55. The minimum atomic E-state index is -0.789. The highest BCUT2D eigenvalue weighted by Gasteiger charge is 2.30. The van der Waals surface area contributed by atoms with Crippen LogP contribution < -0.4 is 10.6 Å². The molecule has 2 rings (SSSR count). The Morgan fingerprint density at radius 2 is 1.85 bits per heavy atom. The highest BCUT2D eigenvalue weighted by atomic mass is 79.9. The van der Waals surface area contributed by atoms with E-state index in [-0.39, 0.29) is 18.0 Å². The average molecular weight is 406 g/mol. The van der Waals surface area contributed by atoms with Crippen molar-refractivity contribution in [3.05, 3.63) is 27.1 Å². The number of urea groups is 1. The van der Waals surface area contributed by atoms with Gasteiger partial charge in [-0.15, -0.1) is 0 Å². The number of carbonyl (C=O) groups excluding carboxylic acids is 1. The molecule has 0 radical (unpaired) electrons. The summed E-state index contributed by atoms with van der Waals surface area (Å²) in [6.45, 7) is 0. The molecule has 108 valence electrons. The number of carboxylic acid groups (broad SMARTS) is 1. The third-order valence-corrected chi connectivity index (χ3v) is 4.64. The molecule has 0 saturated heterocycles. The molecule has 0 aliphatic heterocycles. The molecule has 2 atom stereocenters. The SMILES string of the molecule is O=C(Nc1c(Br)cccc1Br)N[C@H]1CC[C@@H](C(=O)O)C1. The summed E-state index contributed by atoms with van der Waals surface area (Å²) in [5, 5.41) is 14.5. The molecule has 2 amide bonds. The fraction of sp³-hybridized carbons (Fsp3) is 0.385. The quantitative estimate of drug-likeness (QED) is 0.718. The van der Waals surface area contributed by atoms with Crippen molar-refractivity contribution in [2.75, 3.05) is 5.32 Å². The lowest BCUT2D eigenvalue weighted by Gasteiger charge is -2.15. The second kappa shape index (κ2) is 6.58. The summed E-state index contributed by atoms with van der Waals surface area (Å²) >= 11 is 6.73. The van der Waals surface area contributed by atoms with E-state index >= 15 is 0 Å². The predicted octanol–water partition coefficient (Wildman–Crippen LogP) is 3.59. The first-order valence-electron chi connectivity index (χ1n) is 6.21. The molecule has 0 unspecified atom stereocenters. The van der Waals surface area contributed by atoms with Crippen molar-refractivity contribution in [2.24, 2.45) is 5.92 Å². The van der Waals surface area contributed by atoms with Crippen molar-refractivity contribution < 1.29 is 14.7 Å². The van der Waals surface area contributed by atoms with E-state index in [0.717, 1.165) is 8.95 Å². The van der Waals surface area contributed by atoms with Gasteiger partial charge in [-0.05, 0) is 63.3 Å². The van der Waals surface area contributed by atoms with Crippen molar-refractivity contribution in [3.8, 4) is 0 Å². The number of para-hydroxylation sites is 1. The molecule has 1 aliphatic carbocycles.